The predicted molar refractivity (Wildman–Crippen MR) is 142 cm³/mol. The Labute approximate surface area is 226 Å². The summed E-state index contributed by atoms with van der Waals surface area (Å²) < 4.78 is 26.2. The van der Waals surface area contributed by atoms with Crippen molar-refractivity contribution >= 4 is 11.8 Å². The maximum absolute atomic E-state index is 13.9. The number of amides is 2. The van der Waals surface area contributed by atoms with Crippen LogP contribution in [0.25, 0.3) is 0 Å². The van der Waals surface area contributed by atoms with Crippen LogP contribution in [0.5, 0.6) is 17.2 Å². The SMILES string of the molecule is COc1ccc(CN2CC(CC3CC3)n3c4c(c(O)c3C2=O)C(=O)N(Cc2ccc(F)cc2)CC4)c(OC)c1. The number of hydrogen-bond donors (Lipinski definition) is 1. The molecular formula is C30H32FN3O5. The Kier molecular flexibility index (Phi) is 6.45. The average molecular weight is 534 g/mol. The monoisotopic (exact) mass is 533 g/mol. The van der Waals surface area contributed by atoms with Crippen molar-refractivity contribution in [3.63, 3.8) is 0 Å². The molecule has 1 saturated carbocycles. The predicted octanol–water partition coefficient (Wildman–Crippen LogP) is 4.55. The zero-order valence-electron chi connectivity index (χ0n) is 22.2. The Bertz CT molecular complexity index is 1430. The molecule has 2 aliphatic heterocycles. The first kappa shape index (κ1) is 25.3. The van der Waals surface area contributed by atoms with Crippen molar-refractivity contribution in [2.75, 3.05) is 27.3 Å². The first-order valence-corrected chi connectivity index (χ1v) is 13.4. The summed E-state index contributed by atoms with van der Waals surface area (Å²) in [6.45, 7) is 1.57. The Morgan fingerprint density at radius 1 is 0.974 bits per heavy atom. The maximum atomic E-state index is 13.9. The van der Waals surface area contributed by atoms with Gasteiger partial charge in [-0.05, 0) is 42.2 Å². The van der Waals surface area contributed by atoms with Gasteiger partial charge in [0.05, 0.1) is 20.3 Å². The molecule has 1 fully saturated rings. The van der Waals surface area contributed by atoms with Gasteiger partial charge in [0.2, 0.25) is 0 Å². The zero-order chi connectivity index (χ0) is 27.3. The summed E-state index contributed by atoms with van der Waals surface area (Å²) in [6.07, 6.45) is 3.75. The van der Waals surface area contributed by atoms with E-state index >= 15 is 0 Å². The maximum Gasteiger partial charge on any atom is 0.274 e. The van der Waals surface area contributed by atoms with Gasteiger partial charge in [-0.15, -0.1) is 0 Å². The van der Waals surface area contributed by atoms with Crippen LogP contribution in [-0.4, -0.2) is 58.6 Å². The van der Waals surface area contributed by atoms with Crippen molar-refractivity contribution in [1.29, 1.82) is 0 Å². The number of fused-ring (bicyclic) bond motifs is 3. The van der Waals surface area contributed by atoms with Crippen molar-refractivity contribution in [2.45, 2.75) is 44.8 Å². The number of benzene rings is 2. The minimum Gasteiger partial charge on any atom is -0.505 e. The molecular weight excluding hydrogens is 501 g/mol. The summed E-state index contributed by atoms with van der Waals surface area (Å²) in [5.41, 5.74) is 2.79. The van der Waals surface area contributed by atoms with Crippen molar-refractivity contribution in [1.82, 2.24) is 14.4 Å². The lowest BCUT2D eigenvalue weighted by molar-refractivity contribution is 0.0632. The standard InChI is InChI=1S/C30H32FN3O5/c1-38-23-10-7-20(25(14-23)39-2)16-33-17-22(13-18-3-4-18)34-24-11-12-32(15-19-5-8-21(31)9-6-19)29(36)26(24)28(35)27(34)30(33)37/h5-10,14,18,22,35H,3-4,11-13,15-17H2,1-2H3. The van der Waals surface area contributed by atoms with Crippen molar-refractivity contribution < 1.29 is 28.6 Å². The summed E-state index contributed by atoms with van der Waals surface area (Å²) in [5, 5.41) is 11.4. The van der Waals surface area contributed by atoms with E-state index in [9.17, 15) is 19.1 Å². The van der Waals surface area contributed by atoms with E-state index in [4.69, 9.17) is 9.47 Å². The van der Waals surface area contributed by atoms with Gasteiger partial charge in [0, 0.05) is 49.9 Å². The lowest BCUT2D eigenvalue weighted by atomic mass is 10.0. The molecule has 6 rings (SSSR count). The minimum absolute atomic E-state index is 0.0273. The van der Waals surface area contributed by atoms with Crippen LogP contribution >= 0.6 is 0 Å². The molecule has 3 heterocycles. The third kappa shape index (κ3) is 4.60. The molecule has 0 spiro atoms. The number of carbonyl (C=O) groups is 2. The highest BCUT2D eigenvalue weighted by Crippen LogP contribution is 2.45. The lowest BCUT2D eigenvalue weighted by Gasteiger charge is -2.37. The van der Waals surface area contributed by atoms with Gasteiger partial charge in [-0.25, -0.2) is 4.39 Å². The molecule has 1 aromatic heterocycles. The van der Waals surface area contributed by atoms with E-state index in [1.165, 1.54) is 12.1 Å². The molecule has 0 saturated heterocycles. The smallest absolute Gasteiger partial charge is 0.274 e. The molecule has 9 heteroatoms. The van der Waals surface area contributed by atoms with Gasteiger partial charge in [0.1, 0.15) is 22.9 Å². The number of hydrogen-bond acceptors (Lipinski definition) is 5. The Balaban J connectivity index is 1.34. The number of halogens is 1. The topological polar surface area (TPSA) is 84.2 Å². The molecule has 2 aromatic carbocycles. The Morgan fingerprint density at radius 2 is 1.74 bits per heavy atom. The van der Waals surface area contributed by atoms with Crippen LogP contribution < -0.4 is 9.47 Å². The van der Waals surface area contributed by atoms with E-state index in [0.29, 0.717) is 50.0 Å². The summed E-state index contributed by atoms with van der Waals surface area (Å²) in [7, 11) is 3.17. The number of aromatic nitrogens is 1. The first-order chi connectivity index (χ1) is 18.9. The summed E-state index contributed by atoms with van der Waals surface area (Å²) in [5.74, 6) is 0.692. The number of rotatable bonds is 8. The summed E-state index contributed by atoms with van der Waals surface area (Å²) in [4.78, 5) is 30.9. The van der Waals surface area contributed by atoms with Gasteiger partial charge in [-0.1, -0.05) is 25.0 Å². The minimum atomic E-state index is -0.333. The molecule has 1 N–H and O–H groups in total. The second kappa shape index (κ2) is 9.94. The highest BCUT2D eigenvalue weighted by molar-refractivity contribution is 6.06. The van der Waals surface area contributed by atoms with Gasteiger partial charge in [0.25, 0.3) is 11.8 Å². The highest BCUT2D eigenvalue weighted by Gasteiger charge is 2.43. The Hall–Kier alpha value is -4.01. The first-order valence-electron chi connectivity index (χ1n) is 13.4. The fraction of sp³-hybridized carbons (Fsp3) is 0.400. The second-order valence-corrected chi connectivity index (χ2v) is 10.7. The van der Waals surface area contributed by atoms with E-state index in [2.05, 4.69) is 0 Å². The molecule has 8 nitrogen and oxygen atoms in total. The van der Waals surface area contributed by atoms with Gasteiger partial charge >= 0.3 is 0 Å². The van der Waals surface area contributed by atoms with Crippen LogP contribution in [0.4, 0.5) is 4.39 Å². The average Bonchev–Trinajstić information content (AvgIpc) is 3.70. The van der Waals surface area contributed by atoms with Crippen LogP contribution in [0, 0.1) is 11.7 Å². The number of methoxy groups -OCH3 is 2. The molecule has 1 unspecified atom stereocenters. The van der Waals surface area contributed by atoms with Crippen molar-refractivity contribution in [2.24, 2.45) is 5.92 Å². The lowest BCUT2D eigenvalue weighted by Crippen LogP contribution is -2.44. The molecule has 1 aliphatic carbocycles. The molecule has 39 heavy (non-hydrogen) atoms. The molecule has 204 valence electrons. The number of ether oxygens (including phenoxy) is 2. The fourth-order valence-electron chi connectivity index (χ4n) is 5.98. The molecule has 0 bridgehead atoms. The number of carbonyl (C=O) groups excluding carboxylic acids is 2. The van der Waals surface area contributed by atoms with E-state index in [1.54, 1.807) is 42.2 Å². The van der Waals surface area contributed by atoms with E-state index in [0.717, 1.165) is 36.1 Å². The van der Waals surface area contributed by atoms with E-state index in [1.807, 2.05) is 16.7 Å². The summed E-state index contributed by atoms with van der Waals surface area (Å²) in [6, 6.07) is 11.5. The van der Waals surface area contributed by atoms with Crippen molar-refractivity contribution in [3.05, 3.63) is 76.4 Å². The van der Waals surface area contributed by atoms with Gasteiger partial charge < -0.3 is 28.9 Å². The number of nitrogens with zero attached hydrogens (tertiary/aromatic N) is 3. The molecule has 0 radical (unpaired) electrons. The van der Waals surface area contributed by atoms with E-state index < -0.39 is 0 Å². The van der Waals surface area contributed by atoms with Gasteiger partial charge in [-0.3, -0.25) is 9.59 Å². The fourth-order valence-corrected chi connectivity index (χ4v) is 5.98. The molecule has 3 aromatic rings. The van der Waals surface area contributed by atoms with E-state index in [-0.39, 0.29) is 40.7 Å². The van der Waals surface area contributed by atoms with Crippen LogP contribution in [0.1, 0.15) is 63.0 Å². The largest absolute Gasteiger partial charge is 0.505 e. The third-order valence-electron chi connectivity index (χ3n) is 8.13. The van der Waals surface area contributed by atoms with Gasteiger partial charge in [0.15, 0.2) is 11.4 Å². The second-order valence-electron chi connectivity index (χ2n) is 10.7. The van der Waals surface area contributed by atoms with Crippen LogP contribution in [0.2, 0.25) is 0 Å². The Morgan fingerprint density at radius 3 is 2.44 bits per heavy atom. The van der Waals surface area contributed by atoms with Crippen LogP contribution in [0.15, 0.2) is 42.5 Å². The zero-order valence-corrected chi connectivity index (χ0v) is 22.2. The molecule has 3 aliphatic rings. The summed E-state index contributed by atoms with van der Waals surface area (Å²) >= 11 is 0. The quantitative estimate of drug-likeness (QED) is 0.460. The molecule has 2 amide bonds. The van der Waals surface area contributed by atoms with Crippen LogP contribution in [0.3, 0.4) is 0 Å². The third-order valence-corrected chi connectivity index (χ3v) is 8.13. The highest BCUT2D eigenvalue weighted by atomic mass is 19.1. The molecule has 1 atom stereocenters. The van der Waals surface area contributed by atoms with Gasteiger partial charge in [-0.2, -0.15) is 0 Å². The van der Waals surface area contributed by atoms with Crippen LogP contribution in [-0.2, 0) is 19.5 Å². The number of aromatic hydroxyl groups is 1. The normalized spacial score (nSPS) is 18.7. The van der Waals surface area contributed by atoms with Crippen molar-refractivity contribution in [3.8, 4) is 17.2 Å².